The van der Waals surface area contributed by atoms with Crippen LogP contribution in [0.2, 0.25) is 0 Å². The fraction of sp³-hybridized carbons (Fsp3) is 0.250. The zero-order valence-electron chi connectivity index (χ0n) is 16.6. The summed E-state index contributed by atoms with van der Waals surface area (Å²) in [4.78, 5) is 1.80. The predicted molar refractivity (Wildman–Crippen MR) is 109 cm³/mol. The third-order valence-electron chi connectivity index (χ3n) is 4.77. The van der Waals surface area contributed by atoms with Gasteiger partial charge in [-0.1, -0.05) is 12.1 Å². The minimum absolute atomic E-state index is 0.152. The van der Waals surface area contributed by atoms with Gasteiger partial charge in [0.2, 0.25) is 10.0 Å². The van der Waals surface area contributed by atoms with Gasteiger partial charge < -0.3 is 4.90 Å². The molecule has 0 saturated heterocycles. The minimum atomic E-state index is -4.66. The lowest BCUT2D eigenvalue weighted by atomic mass is 10.1. The fourth-order valence-electron chi connectivity index (χ4n) is 3.13. The Bertz CT molecular complexity index is 1190. The molecule has 0 fully saturated rings. The van der Waals surface area contributed by atoms with Crippen molar-refractivity contribution in [1.29, 1.82) is 0 Å². The summed E-state index contributed by atoms with van der Waals surface area (Å²) in [5, 5.41) is 8.86. The van der Waals surface area contributed by atoms with Crippen LogP contribution in [0.5, 0.6) is 0 Å². The van der Waals surface area contributed by atoms with Gasteiger partial charge in [0, 0.05) is 24.8 Å². The van der Waals surface area contributed by atoms with E-state index in [0.29, 0.717) is 5.56 Å². The molecule has 1 heterocycles. The largest absolute Gasteiger partial charge is 0.435 e. The quantitative estimate of drug-likeness (QED) is 0.654. The number of primary sulfonamides is 1. The molecule has 0 aliphatic heterocycles. The molecule has 0 amide bonds. The van der Waals surface area contributed by atoms with Gasteiger partial charge in [-0.15, -0.1) is 0 Å². The number of nitrogens with two attached hydrogens (primary N) is 1. The molecule has 6 nitrogen and oxygen atoms in total. The van der Waals surface area contributed by atoms with Crippen LogP contribution in [0.15, 0.2) is 53.4 Å². The van der Waals surface area contributed by atoms with E-state index in [0.717, 1.165) is 28.5 Å². The number of hydrogen-bond acceptors (Lipinski definition) is 4. The Kier molecular flexibility index (Phi) is 5.66. The second-order valence-electron chi connectivity index (χ2n) is 6.88. The minimum Gasteiger partial charge on any atom is -0.375 e. The van der Waals surface area contributed by atoms with Crippen LogP contribution in [-0.2, 0) is 16.2 Å². The molecule has 160 valence electrons. The molecule has 3 aromatic rings. The number of rotatable bonds is 5. The molecule has 30 heavy (non-hydrogen) atoms. The summed E-state index contributed by atoms with van der Waals surface area (Å²) >= 11 is 0. The van der Waals surface area contributed by atoms with Crippen molar-refractivity contribution in [1.82, 2.24) is 9.78 Å². The summed E-state index contributed by atoms with van der Waals surface area (Å²) in [6, 6.07) is 11.6. The molecule has 3 rings (SSSR count). The van der Waals surface area contributed by atoms with Crippen LogP contribution in [0.1, 0.15) is 18.2 Å². The Morgan fingerprint density at radius 2 is 1.83 bits per heavy atom. The van der Waals surface area contributed by atoms with E-state index >= 15 is 0 Å². The lowest BCUT2D eigenvalue weighted by molar-refractivity contribution is -0.141. The number of alkyl halides is 3. The molecule has 2 aromatic carbocycles. The number of anilines is 1. The van der Waals surface area contributed by atoms with Crippen molar-refractivity contribution < 1.29 is 21.6 Å². The van der Waals surface area contributed by atoms with Crippen molar-refractivity contribution >= 4 is 15.7 Å². The van der Waals surface area contributed by atoms with E-state index in [-0.39, 0.29) is 16.3 Å². The maximum Gasteiger partial charge on any atom is 0.435 e. The van der Waals surface area contributed by atoms with Crippen molar-refractivity contribution in [3.05, 3.63) is 59.8 Å². The van der Waals surface area contributed by atoms with Gasteiger partial charge in [0.25, 0.3) is 0 Å². The van der Waals surface area contributed by atoms with Crippen molar-refractivity contribution in [3.8, 4) is 16.9 Å². The van der Waals surface area contributed by atoms with Crippen LogP contribution >= 0.6 is 0 Å². The molecule has 0 radical (unpaired) electrons. The van der Waals surface area contributed by atoms with Crippen molar-refractivity contribution in [3.63, 3.8) is 0 Å². The number of halogens is 3. The van der Waals surface area contributed by atoms with Crippen LogP contribution in [0, 0.1) is 6.92 Å². The van der Waals surface area contributed by atoms with Gasteiger partial charge in [-0.3, -0.25) is 0 Å². The van der Waals surface area contributed by atoms with E-state index in [2.05, 4.69) is 5.10 Å². The van der Waals surface area contributed by atoms with E-state index < -0.39 is 21.9 Å². The van der Waals surface area contributed by atoms with Crippen LogP contribution < -0.4 is 10.0 Å². The fourth-order valence-corrected chi connectivity index (χ4v) is 3.68. The first-order chi connectivity index (χ1) is 13.9. The molecular weight excluding hydrogens is 417 g/mol. The molecular formula is C20H21F3N4O2S. The third-order valence-corrected chi connectivity index (χ3v) is 5.68. The average molecular weight is 438 g/mol. The van der Waals surface area contributed by atoms with Crippen molar-refractivity contribution in [2.45, 2.75) is 24.9 Å². The smallest absolute Gasteiger partial charge is 0.375 e. The first-order valence-electron chi connectivity index (χ1n) is 9.04. The first-order valence-corrected chi connectivity index (χ1v) is 10.6. The summed E-state index contributed by atoms with van der Waals surface area (Å²) in [5.74, 6) is 0. The highest BCUT2D eigenvalue weighted by atomic mass is 32.2. The van der Waals surface area contributed by atoms with Gasteiger partial charge in [-0.05, 0) is 55.8 Å². The molecule has 1 aromatic heterocycles. The highest BCUT2D eigenvalue weighted by Gasteiger charge is 2.35. The number of aromatic nitrogens is 2. The standard InChI is InChI=1S/C20H21F3N4O2S/c1-4-26(3)17-9-8-14(10-13(17)2)18-12-19(20(21,22)23)25-27(18)15-6-5-7-16(11-15)30(24,28)29/h5-12H,4H2,1-3H3,(H2,24,28,29). The van der Waals surface area contributed by atoms with Crippen LogP contribution in [0.25, 0.3) is 16.9 Å². The summed E-state index contributed by atoms with van der Waals surface area (Å²) in [6.45, 7) is 4.64. The number of hydrogen-bond donors (Lipinski definition) is 1. The maximum atomic E-state index is 13.4. The van der Waals surface area contributed by atoms with Crippen molar-refractivity contribution in [2.24, 2.45) is 5.14 Å². The summed E-state index contributed by atoms with van der Waals surface area (Å²) in [7, 11) is -2.10. The predicted octanol–water partition coefficient (Wildman–Crippen LogP) is 3.97. The highest BCUT2D eigenvalue weighted by molar-refractivity contribution is 7.89. The van der Waals surface area contributed by atoms with Crippen LogP contribution in [-0.4, -0.2) is 31.8 Å². The van der Waals surface area contributed by atoms with Gasteiger partial charge in [0.1, 0.15) is 0 Å². The Hall–Kier alpha value is -2.85. The van der Waals surface area contributed by atoms with Crippen molar-refractivity contribution in [2.75, 3.05) is 18.5 Å². The number of sulfonamides is 1. The topological polar surface area (TPSA) is 81.2 Å². The Morgan fingerprint density at radius 3 is 2.40 bits per heavy atom. The monoisotopic (exact) mass is 438 g/mol. The lowest BCUT2D eigenvalue weighted by Gasteiger charge is -2.20. The molecule has 0 saturated carbocycles. The normalized spacial score (nSPS) is 12.2. The van der Waals surface area contributed by atoms with Gasteiger partial charge >= 0.3 is 6.18 Å². The van der Waals surface area contributed by atoms with E-state index in [4.69, 9.17) is 5.14 Å². The van der Waals surface area contributed by atoms with E-state index in [1.54, 1.807) is 12.1 Å². The van der Waals surface area contributed by atoms with Gasteiger partial charge in [0.15, 0.2) is 5.69 Å². The van der Waals surface area contributed by atoms with Gasteiger partial charge in [0.05, 0.1) is 16.3 Å². The molecule has 0 spiro atoms. The second-order valence-corrected chi connectivity index (χ2v) is 8.44. The Balaban J connectivity index is 2.21. The van der Waals surface area contributed by atoms with E-state index in [1.165, 1.54) is 24.3 Å². The van der Waals surface area contributed by atoms with Crippen LogP contribution in [0.3, 0.4) is 0 Å². The molecule has 0 bridgehead atoms. The van der Waals surface area contributed by atoms with Crippen LogP contribution in [0.4, 0.5) is 18.9 Å². The highest BCUT2D eigenvalue weighted by Crippen LogP contribution is 2.34. The Morgan fingerprint density at radius 1 is 1.13 bits per heavy atom. The molecule has 2 N–H and O–H groups in total. The van der Waals surface area contributed by atoms with E-state index in [9.17, 15) is 21.6 Å². The maximum absolute atomic E-state index is 13.4. The zero-order valence-corrected chi connectivity index (χ0v) is 17.4. The molecule has 0 atom stereocenters. The number of aryl methyl sites for hydroxylation is 1. The summed E-state index contributed by atoms with van der Waals surface area (Å²) in [5.41, 5.74) is 1.62. The SMILES string of the molecule is CCN(C)c1ccc(-c2cc(C(F)(F)F)nn2-c2cccc(S(N)(=O)=O)c2)cc1C. The summed E-state index contributed by atoms with van der Waals surface area (Å²) in [6.07, 6.45) is -4.66. The first kappa shape index (κ1) is 21.8. The molecule has 0 unspecified atom stereocenters. The van der Waals surface area contributed by atoms with Gasteiger partial charge in [-0.25, -0.2) is 18.2 Å². The number of benzene rings is 2. The molecule has 0 aliphatic rings. The third kappa shape index (κ3) is 4.34. The number of nitrogens with zero attached hydrogens (tertiary/aromatic N) is 3. The second kappa shape index (κ2) is 7.77. The lowest BCUT2D eigenvalue weighted by Crippen LogP contribution is -2.16. The van der Waals surface area contributed by atoms with Gasteiger partial charge in [-0.2, -0.15) is 18.3 Å². The molecule has 0 aliphatic carbocycles. The Labute approximate surface area is 172 Å². The average Bonchev–Trinajstić information content (AvgIpc) is 3.12. The van der Waals surface area contributed by atoms with E-state index in [1.807, 2.05) is 31.9 Å². The molecule has 10 heteroatoms. The summed E-state index contributed by atoms with van der Waals surface area (Å²) < 4.78 is 64.6. The zero-order chi connectivity index (χ0) is 22.3.